The van der Waals surface area contributed by atoms with Crippen molar-refractivity contribution in [3.8, 4) is 0 Å². The Hall–Kier alpha value is -1.99. The van der Waals surface area contributed by atoms with Crippen molar-refractivity contribution in [1.29, 1.82) is 0 Å². The van der Waals surface area contributed by atoms with Crippen LogP contribution in [0.1, 0.15) is 31.2 Å². The van der Waals surface area contributed by atoms with Crippen LogP contribution in [0.15, 0.2) is 30.3 Å². The van der Waals surface area contributed by atoms with E-state index < -0.39 is 0 Å². The third kappa shape index (κ3) is 3.73. The smallest absolute Gasteiger partial charge is 0.237 e. The number of H-pyrrole nitrogens is 1. The van der Waals surface area contributed by atoms with Gasteiger partial charge in [0.05, 0.1) is 12.6 Å². The van der Waals surface area contributed by atoms with Crippen LogP contribution in [0, 0.1) is 4.77 Å². The first-order valence-electron chi connectivity index (χ1n) is 8.38. The van der Waals surface area contributed by atoms with E-state index in [1.807, 2.05) is 29.7 Å². The maximum Gasteiger partial charge on any atom is 0.237 e. The Morgan fingerprint density at radius 1 is 1.42 bits per heavy atom. The summed E-state index contributed by atoms with van der Waals surface area (Å²) in [6.07, 6.45) is 1.96. The average molecular weight is 345 g/mol. The highest BCUT2D eigenvalue weighted by Gasteiger charge is 2.30. The van der Waals surface area contributed by atoms with E-state index >= 15 is 0 Å². The Morgan fingerprint density at radius 3 is 2.96 bits per heavy atom. The number of benzene rings is 1. The van der Waals surface area contributed by atoms with Gasteiger partial charge in [0, 0.05) is 13.1 Å². The molecule has 6 nitrogen and oxygen atoms in total. The van der Waals surface area contributed by atoms with Gasteiger partial charge >= 0.3 is 0 Å². The number of rotatable bonds is 6. The van der Waals surface area contributed by atoms with Gasteiger partial charge in [-0.25, -0.2) is 0 Å². The molecule has 1 fully saturated rings. The van der Waals surface area contributed by atoms with Gasteiger partial charge in [-0.15, -0.1) is 0 Å². The number of carbonyl (C=O) groups excluding carboxylic acids is 1. The second kappa shape index (κ2) is 7.72. The maximum absolute atomic E-state index is 12.6. The molecule has 2 N–H and O–H groups in total. The summed E-state index contributed by atoms with van der Waals surface area (Å²) in [4.78, 5) is 14.9. The molecule has 3 rings (SSSR count). The predicted molar refractivity (Wildman–Crippen MR) is 94.8 cm³/mol. The lowest BCUT2D eigenvalue weighted by molar-refractivity contribution is -0.125. The molecule has 1 amide bonds. The van der Waals surface area contributed by atoms with E-state index in [-0.39, 0.29) is 11.9 Å². The average Bonchev–Trinajstić information content (AvgIpc) is 3.20. The van der Waals surface area contributed by atoms with Crippen LogP contribution in [0.25, 0.3) is 0 Å². The van der Waals surface area contributed by atoms with Crippen LogP contribution >= 0.6 is 12.2 Å². The Bertz CT molecular complexity index is 739. The molecule has 1 atom stereocenters. The predicted octanol–water partition coefficient (Wildman–Crippen LogP) is 2.24. The molecular weight excluding hydrogens is 322 g/mol. The molecular formula is C17H23N5OS. The Morgan fingerprint density at radius 2 is 2.21 bits per heavy atom. The zero-order valence-corrected chi connectivity index (χ0v) is 14.7. The van der Waals surface area contributed by atoms with Gasteiger partial charge in [-0.1, -0.05) is 30.3 Å². The van der Waals surface area contributed by atoms with Gasteiger partial charge in [0.25, 0.3) is 0 Å². The summed E-state index contributed by atoms with van der Waals surface area (Å²) in [5, 5.41) is 9.98. The minimum atomic E-state index is -0.0674. The van der Waals surface area contributed by atoms with Crippen LogP contribution in [0.5, 0.6) is 0 Å². The van der Waals surface area contributed by atoms with Crippen LogP contribution in [0.2, 0.25) is 0 Å². The van der Waals surface area contributed by atoms with Gasteiger partial charge in [0.1, 0.15) is 0 Å². The first kappa shape index (κ1) is 16.9. The monoisotopic (exact) mass is 345 g/mol. The van der Waals surface area contributed by atoms with Crippen molar-refractivity contribution in [2.75, 3.05) is 6.54 Å². The summed E-state index contributed by atoms with van der Waals surface area (Å²) in [6, 6.07) is 10.2. The quantitative estimate of drug-likeness (QED) is 0.788. The first-order chi connectivity index (χ1) is 11.7. The number of carbonyl (C=O) groups is 1. The summed E-state index contributed by atoms with van der Waals surface area (Å²) >= 11 is 5.17. The molecule has 0 bridgehead atoms. The van der Waals surface area contributed by atoms with Crippen LogP contribution in [0.4, 0.5) is 0 Å². The van der Waals surface area contributed by atoms with Crippen molar-refractivity contribution in [3.05, 3.63) is 46.5 Å². The van der Waals surface area contributed by atoms with E-state index in [9.17, 15) is 4.79 Å². The fourth-order valence-corrected chi connectivity index (χ4v) is 3.51. The van der Waals surface area contributed by atoms with Crippen LogP contribution in [-0.2, 0) is 24.4 Å². The van der Waals surface area contributed by atoms with Gasteiger partial charge < -0.3 is 9.88 Å². The summed E-state index contributed by atoms with van der Waals surface area (Å²) in [6.45, 7) is 4.92. The third-order valence-corrected chi connectivity index (χ3v) is 4.78. The number of aromatic amines is 1. The van der Waals surface area contributed by atoms with E-state index in [0.29, 0.717) is 11.3 Å². The van der Waals surface area contributed by atoms with E-state index in [1.165, 1.54) is 5.56 Å². The number of hydrogen-bond acceptors (Lipinski definition) is 4. The highest BCUT2D eigenvalue weighted by atomic mass is 32.1. The molecule has 24 heavy (non-hydrogen) atoms. The number of aromatic nitrogens is 3. The molecule has 1 aliphatic rings. The molecule has 0 unspecified atom stereocenters. The van der Waals surface area contributed by atoms with Crippen LogP contribution in [-0.4, -0.2) is 38.2 Å². The third-order valence-electron chi connectivity index (χ3n) is 4.47. The highest BCUT2D eigenvalue weighted by Crippen LogP contribution is 2.20. The van der Waals surface area contributed by atoms with E-state index in [4.69, 9.17) is 12.2 Å². The van der Waals surface area contributed by atoms with Gasteiger partial charge in [0.2, 0.25) is 5.91 Å². The van der Waals surface area contributed by atoms with Crippen LogP contribution in [0.3, 0.4) is 0 Å². The van der Waals surface area contributed by atoms with Crippen molar-refractivity contribution >= 4 is 18.1 Å². The zero-order valence-electron chi connectivity index (χ0n) is 13.9. The summed E-state index contributed by atoms with van der Waals surface area (Å²) in [5.41, 5.74) is 1.24. The number of nitrogens with one attached hydrogen (secondary N) is 2. The minimum Gasteiger partial charge on any atom is -0.347 e. The van der Waals surface area contributed by atoms with Gasteiger partial charge in [-0.05, 0) is 44.1 Å². The molecule has 0 saturated carbocycles. The lowest BCUT2D eigenvalue weighted by Gasteiger charge is -2.23. The molecule has 0 spiro atoms. The molecule has 2 heterocycles. The number of hydrogen-bond donors (Lipinski definition) is 2. The maximum atomic E-state index is 12.6. The molecule has 128 valence electrons. The van der Waals surface area contributed by atoms with Gasteiger partial charge in [-0.3, -0.25) is 14.8 Å². The number of nitrogens with zero attached hydrogens (tertiary/aromatic N) is 3. The summed E-state index contributed by atoms with van der Waals surface area (Å²) in [7, 11) is 0. The topological polar surface area (TPSA) is 66.0 Å². The van der Waals surface area contributed by atoms with Crippen LogP contribution < -0.4 is 5.32 Å². The van der Waals surface area contributed by atoms with E-state index in [0.717, 1.165) is 38.3 Å². The highest BCUT2D eigenvalue weighted by molar-refractivity contribution is 7.71. The molecule has 0 aliphatic carbocycles. The van der Waals surface area contributed by atoms with Gasteiger partial charge in [-0.2, -0.15) is 5.10 Å². The number of amides is 1. The van der Waals surface area contributed by atoms with Gasteiger partial charge in [0.15, 0.2) is 10.6 Å². The molecule has 2 aromatic rings. The second-order valence-corrected chi connectivity index (χ2v) is 6.41. The zero-order chi connectivity index (χ0) is 16.9. The molecule has 1 aliphatic heterocycles. The summed E-state index contributed by atoms with van der Waals surface area (Å²) in [5.74, 6) is 0.837. The Balaban J connectivity index is 1.60. The van der Waals surface area contributed by atoms with Crippen molar-refractivity contribution in [3.63, 3.8) is 0 Å². The molecule has 7 heteroatoms. The number of likely N-dealkylation sites (tertiary alicyclic amines) is 1. The second-order valence-electron chi connectivity index (χ2n) is 6.02. The van der Waals surface area contributed by atoms with Crippen molar-refractivity contribution in [1.82, 2.24) is 25.0 Å². The van der Waals surface area contributed by atoms with Crippen molar-refractivity contribution in [2.45, 2.75) is 45.4 Å². The van der Waals surface area contributed by atoms with Crippen molar-refractivity contribution < 1.29 is 4.79 Å². The SMILES string of the molecule is CCn1c(CNC(=O)[C@H]2CCCN2Cc2ccccc2)n[nH]c1=S. The first-order valence-corrected chi connectivity index (χ1v) is 8.79. The molecule has 1 aromatic carbocycles. The fraction of sp³-hybridized carbons (Fsp3) is 0.471. The standard InChI is InChI=1S/C17H23N5OS/c1-2-22-15(19-20-17(22)24)11-18-16(23)14-9-6-10-21(14)12-13-7-4-3-5-8-13/h3-5,7-8,14H,2,6,9-12H2,1H3,(H,18,23)(H,20,24)/t14-/m1/s1. The lowest BCUT2D eigenvalue weighted by Crippen LogP contribution is -2.42. The normalized spacial score (nSPS) is 18.0. The molecule has 0 radical (unpaired) electrons. The fourth-order valence-electron chi connectivity index (χ4n) is 3.23. The van der Waals surface area contributed by atoms with Crippen molar-refractivity contribution in [2.24, 2.45) is 0 Å². The largest absolute Gasteiger partial charge is 0.347 e. The summed E-state index contributed by atoms with van der Waals surface area (Å²) < 4.78 is 2.49. The Labute approximate surface area is 146 Å². The van der Waals surface area contributed by atoms with E-state index in [1.54, 1.807) is 0 Å². The molecule has 1 aromatic heterocycles. The van der Waals surface area contributed by atoms with E-state index in [2.05, 4.69) is 32.5 Å². The molecule has 1 saturated heterocycles. The Kier molecular flexibility index (Phi) is 5.42. The minimum absolute atomic E-state index is 0.0674. The lowest BCUT2D eigenvalue weighted by atomic mass is 10.1.